The molecule has 0 bridgehead atoms. The highest BCUT2D eigenvalue weighted by Crippen LogP contribution is 2.20. The molecular formula is C10H12N2O3. The molecule has 0 spiro atoms. The van der Waals surface area contributed by atoms with Crippen LogP contribution in [0.15, 0.2) is 18.2 Å². The van der Waals surface area contributed by atoms with Gasteiger partial charge in [0.15, 0.2) is 0 Å². The van der Waals surface area contributed by atoms with Crippen molar-refractivity contribution in [1.82, 2.24) is 4.98 Å². The fraction of sp³-hybridized carbons (Fsp3) is 0.200. The number of pyridine rings is 1. The highest BCUT2D eigenvalue weighted by molar-refractivity contribution is 5.90. The lowest BCUT2D eigenvalue weighted by molar-refractivity contribution is -0.113. The van der Waals surface area contributed by atoms with Gasteiger partial charge in [0.05, 0.1) is 14.2 Å². The molecule has 5 nitrogen and oxygen atoms in total. The zero-order valence-corrected chi connectivity index (χ0v) is 8.56. The van der Waals surface area contributed by atoms with Gasteiger partial charge in [0.1, 0.15) is 11.4 Å². The third kappa shape index (κ3) is 2.98. The van der Waals surface area contributed by atoms with Gasteiger partial charge < -0.3 is 15.2 Å². The van der Waals surface area contributed by atoms with E-state index >= 15 is 0 Å². The number of amides is 1. The molecule has 1 amide bonds. The Bertz CT molecular complexity index is 388. The summed E-state index contributed by atoms with van der Waals surface area (Å²) in [6.07, 6.45) is 2.69. The summed E-state index contributed by atoms with van der Waals surface area (Å²) in [5, 5.41) is 0. The molecule has 0 aliphatic heterocycles. The molecular weight excluding hydrogens is 196 g/mol. The molecule has 0 aliphatic rings. The van der Waals surface area contributed by atoms with E-state index in [0.717, 1.165) is 0 Å². The number of hydrogen-bond donors (Lipinski definition) is 1. The van der Waals surface area contributed by atoms with Gasteiger partial charge in [0.25, 0.3) is 0 Å². The van der Waals surface area contributed by atoms with Crippen LogP contribution in [-0.2, 0) is 4.79 Å². The van der Waals surface area contributed by atoms with Crippen LogP contribution in [0.3, 0.4) is 0 Å². The van der Waals surface area contributed by atoms with E-state index in [1.807, 2.05) is 0 Å². The molecule has 15 heavy (non-hydrogen) atoms. The largest absolute Gasteiger partial charge is 0.494 e. The lowest BCUT2D eigenvalue weighted by atomic mass is 10.3. The second-order valence-corrected chi connectivity index (χ2v) is 2.68. The topological polar surface area (TPSA) is 74.4 Å². The molecule has 5 heteroatoms. The van der Waals surface area contributed by atoms with Crippen LogP contribution in [0.5, 0.6) is 11.6 Å². The molecule has 0 radical (unpaired) electrons. The van der Waals surface area contributed by atoms with Gasteiger partial charge in [-0.15, -0.1) is 0 Å². The van der Waals surface area contributed by atoms with Crippen LogP contribution < -0.4 is 15.2 Å². The van der Waals surface area contributed by atoms with Crippen LogP contribution >= 0.6 is 0 Å². The Labute approximate surface area is 87.5 Å². The van der Waals surface area contributed by atoms with E-state index < -0.39 is 5.91 Å². The van der Waals surface area contributed by atoms with Crippen molar-refractivity contribution in [3.05, 3.63) is 23.9 Å². The standard InChI is InChI=1S/C10H12N2O3/c1-14-8-4-6-10(15-2)12-7(8)3-5-9(11)13/h3-6H,1-2H3,(H2,11,13). The Morgan fingerprint density at radius 3 is 2.67 bits per heavy atom. The van der Waals surface area contributed by atoms with Gasteiger partial charge in [0, 0.05) is 12.1 Å². The van der Waals surface area contributed by atoms with Crippen molar-refractivity contribution in [2.24, 2.45) is 5.73 Å². The number of nitrogens with zero attached hydrogens (tertiary/aromatic N) is 1. The van der Waals surface area contributed by atoms with E-state index in [1.54, 1.807) is 12.1 Å². The maximum absolute atomic E-state index is 10.6. The first-order valence-corrected chi connectivity index (χ1v) is 4.24. The summed E-state index contributed by atoms with van der Waals surface area (Å²) in [5.74, 6) is 0.454. The molecule has 0 unspecified atom stereocenters. The fourth-order valence-electron chi connectivity index (χ4n) is 1.01. The minimum Gasteiger partial charge on any atom is -0.494 e. The van der Waals surface area contributed by atoms with Gasteiger partial charge in [-0.2, -0.15) is 0 Å². The first kappa shape index (κ1) is 11.0. The maximum Gasteiger partial charge on any atom is 0.241 e. The number of carbonyl (C=O) groups excluding carboxylic acids is 1. The number of primary amides is 1. The van der Waals surface area contributed by atoms with Gasteiger partial charge in [-0.3, -0.25) is 4.79 Å². The average molecular weight is 208 g/mol. The molecule has 0 fully saturated rings. The summed E-state index contributed by atoms with van der Waals surface area (Å²) in [5.41, 5.74) is 5.47. The van der Waals surface area contributed by atoms with Gasteiger partial charge in [-0.05, 0) is 12.1 Å². The molecule has 0 atom stereocenters. The Morgan fingerprint density at radius 1 is 1.40 bits per heavy atom. The van der Waals surface area contributed by atoms with E-state index in [9.17, 15) is 4.79 Å². The van der Waals surface area contributed by atoms with Gasteiger partial charge in [-0.1, -0.05) is 0 Å². The number of nitrogens with two attached hydrogens (primary N) is 1. The first-order valence-electron chi connectivity index (χ1n) is 4.24. The summed E-state index contributed by atoms with van der Waals surface area (Å²) in [4.78, 5) is 14.7. The summed E-state index contributed by atoms with van der Waals surface area (Å²) in [7, 11) is 3.03. The zero-order chi connectivity index (χ0) is 11.3. The Morgan fingerprint density at radius 2 is 2.13 bits per heavy atom. The van der Waals surface area contributed by atoms with Crippen molar-refractivity contribution in [1.29, 1.82) is 0 Å². The van der Waals surface area contributed by atoms with E-state index in [-0.39, 0.29) is 0 Å². The van der Waals surface area contributed by atoms with Crippen LogP contribution in [0, 0.1) is 0 Å². The van der Waals surface area contributed by atoms with E-state index in [4.69, 9.17) is 15.2 Å². The molecule has 80 valence electrons. The van der Waals surface area contributed by atoms with Crippen molar-refractivity contribution < 1.29 is 14.3 Å². The van der Waals surface area contributed by atoms with Crippen molar-refractivity contribution in [3.63, 3.8) is 0 Å². The third-order valence-electron chi connectivity index (χ3n) is 1.69. The van der Waals surface area contributed by atoms with Crippen molar-refractivity contribution in [3.8, 4) is 11.6 Å². The van der Waals surface area contributed by atoms with Gasteiger partial charge in [-0.25, -0.2) is 4.98 Å². The molecule has 1 heterocycles. The SMILES string of the molecule is COc1ccc(OC)c(C=CC(N)=O)n1. The molecule has 2 N–H and O–H groups in total. The van der Waals surface area contributed by atoms with Crippen LogP contribution in [0.4, 0.5) is 0 Å². The Balaban J connectivity index is 3.06. The van der Waals surface area contributed by atoms with Crippen molar-refractivity contribution >= 4 is 12.0 Å². The maximum atomic E-state index is 10.6. The van der Waals surface area contributed by atoms with Crippen LogP contribution in [0.25, 0.3) is 6.08 Å². The average Bonchev–Trinajstić information content (AvgIpc) is 2.25. The lowest BCUT2D eigenvalue weighted by Crippen LogP contribution is -2.05. The normalized spacial score (nSPS) is 10.3. The first-order chi connectivity index (χ1) is 7.17. The predicted molar refractivity (Wildman–Crippen MR) is 55.6 cm³/mol. The summed E-state index contributed by atoms with van der Waals surface area (Å²) in [6.45, 7) is 0. The molecule has 0 aromatic carbocycles. The van der Waals surface area contributed by atoms with Crippen molar-refractivity contribution in [2.75, 3.05) is 14.2 Å². The molecule has 1 aromatic heterocycles. The van der Waals surface area contributed by atoms with Crippen LogP contribution in [-0.4, -0.2) is 25.1 Å². The zero-order valence-electron chi connectivity index (χ0n) is 8.56. The minimum absolute atomic E-state index is 0.444. The number of aromatic nitrogens is 1. The number of rotatable bonds is 4. The van der Waals surface area contributed by atoms with Crippen molar-refractivity contribution in [2.45, 2.75) is 0 Å². The highest BCUT2D eigenvalue weighted by atomic mass is 16.5. The molecule has 0 aliphatic carbocycles. The summed E-state index contributed by atoms with van der Waals surface area (Å²) < 4.78 is 10.0. The monoisotopic (exact) mass is 208 g/mol. The number of carbonyl (C=O) groups is 1. The molecule has 1 rings (SSSR count). The van der Waals surface area contributed by atoms with E-state index in [1.165, 1.54) is 26.4 Å². The molecule has 1 aromatic rings. The third-order valence-corrected chi connectivity index (χ3v) is 1.69. The van der Waals surface area contributed by atoms with Crippen LogP contribution in [0.1, 0.15) is 5.69 Å². The highest BCUT2D eigenvalue weighted by Gasteiger charge is 2.03. The predicted octanol–water partition coefficient (Wildman–Crippen LogP) is 0.597. The van der Waals surface area contributed by atoms with Gasteiger partial charge >= 0.3 is 0 Å². The Hall–Kier alpha value is -2.04. The van der Waals surface area contributed by atoms with Gasteiger partial charge in [0.2, 0.25) is 11.8 Å². The number of ether oxygens (including phenoxy) is 2. The fourth-order valence-corrected chi connectivity index (χ4v) is 1.01. The Kier molecular flexibility index (Phi) is 3.68. The quantitative estimate of drug-likeness (QED) is 0.735. The second-order valence-electron chi connectivity index (χ2n) is 2.68. The minimum atomic E-state index is -0.540. The summed E-state index contributed by atoms with van der Waals surface area (Å²) >= 11 is 0. The lowest BCUT2D eigenvalue weighted by Gasteiger charge is -2.05. The number of hydrogen-bond acceptors (Lipinski definition) is 4. The second kappa shape index (κ2) is 4.99. The smallest absolute Gasteiger partial charge is 0.241 e. The number of methoxy groups -OCH3 is 2. The van der Waals surface area contributed by atoms with E-state index in [0.29, 0.717) is 17.3 Å². The molecule has 0 saturated carbocycles. The van der Waals surface area contributed by atoms with E-state index in [2.05, 4.69) is 4.98 Å². The summed E-state index contributed by atoms with van der Waals surface area (Å²) in [6, 6.07) is 3.37. The molecule has 0 saturated heterocycles. The van der Waals surface area contributed by atoms with Crippen LogP contribution in [0.2, 0.25) is 0 Å².